The lowest BCUT2D eigenvalue weighted by Crippen LogP contribution is -1.99. The predicted octanol–water partition coefficient (Wildman–Crippen LogP) is 4.34. The molecular weight excluding hydrogens is 224 g/mol. The third kappa shape index (κ3) is 5.35. The lowest BCUT2D eigenvalue weighted by Gasteiger charge is -2.10. The SMILES string of the molecule is CCC(C)c1ccc(OCCCCC(C)=O)cc1. The second-order valence-electron chi connectivity index (χ2n) is 4.89. The minimum Gasteiger partial charge on any atom is -0.494 e. The maximum Gasteiger partial charge on any atom is 0.129 e. The molecule has 18 heavy (non-hydrogen) atoms. The van der Waals surface area contributed by atoms with Crippen LogP contribution in [0.15, 0.2) is 24.3 Å². The smallest absolute Gasteiger partial charge is 0.129 e. The van der Waals surface area contributed by atoms with Crippen molar-refractivity contribution in [2.75, 3.05) is 6.61 Å². The van der Waals surface area contributed by atoms with Crippen LogP contribution in [0.3, 0.4) is 0 Å². The predicted molar refractivity (Wildman–Crippen MR) is 75.2 cm³/mol. The van der Waals surface area contributed by atoms with Crippen LogP contribution in [0.1, 0.15) is 57.9 Å². The van der Waals surface area contributed by atoms with Crippen molar-refractivity contribution < 1.29 is 9.53 Å². The maximum atomic E-state index is 10.8. The van der Waals surface area contributed by atoms with Crippen molar-refractivity contribution in [1.29, 1.82) is 0 Å². The zero-order valence-corrected chi connectivity index (χ0v) is 11.7. The minimum atomic E-state index is 0.257. The van der Waals surface area contributed by atoms with Gasteiger partial charge >= 0.3 is 0 Å². The van der Waals surface area contributed by atoms with Crippen LogP contribution in [0.25, 0.3) is 0 Å². The van der Waals surface area contributed by atoms with Gasteiger partial charge in [0.15, 0.2) is 0 Å². The van der Waals surface area contributed by atoms with Gasteiger partial charge in [0.25, 0.3) is 0 Å². The number of rotatable bonds is 8. The normalized spacial score (nSPS) is 12.2. The summed E-state index contributed by atoms with van der Waals surface area (Å²) < 4.78 is 5.64. The standard InChI is InChI=1S/C16H24O2/c1-4-13(2)15-8-10-16(11-9-15)18-12-6-5-7-14(3)17/h8-11,13H,4-7,12H2,1-3H3. The summed E-state index contributed by atoms with van der Waals surface area (Å²) in [6, 6.07) is 8.34. The van der Waals surface area contributed by atoms with Gasteiger partial charge in [-0.1, -0.05) is 26.0 Å². The van der Waals surface area contributed by atoms with Gasteiger partial charge in [0.2, 0.25) is 0 Å². The summed E-state index contributed by atoms with van der Waals surface area (Å²) in [5.74, 6) is 1.78. The van der Waals surface area contributed by atoms with Gasteiger partial charge in [0.1, 0.15) is 11.5 Å². The molecule has 0 heterocycles. The third-order valence-corrected chi connectivity index (χ3v) is 3.25. The molecule has 2 nitrogen and oxygen atoms in total. The fourth-order valence-corrected chi connectivity index (χ4v) is 1.79. The largest absolute Gasteiger partial charge is 0.494 e. The van der Waals surface area contributed by atoms with Crippen molar-refractivity contribution in [1.82, 2.24) is 0 Å². The quantitative estimate of drug-likeness (QED) is 0.640. The van der Waals surface area contributed by atoms with Gasteiger partial charge in [0.05, 0.1) is 6.61 Å². The Morgan fingerprint density at radius 3 is 2.44 bits per heavy atom. The molecule has 0 aliphatic rings. The fraction of sp³-hybridized carbons (Fsp3) is 0.562. The van der Waals surface area contributed by atoms with E-state index in [0.29, 0.717) is 18.9 Å². The fourth-order valence-electron chi connectivity index (χ4n) is 1.79. The summed E-state index contributed by atoms with van der Waals surface area (Å²) in [4.78, 5) is 10.8. The van der Waals surface area contributed by atoms with Crippen molar-refractivity contribution >= 4 is 5.78 Å². The minimum absolute atomic E-state index is 0.257. The topological polar surface area (TPSA) is 26.3 Å². The first-order valence-electron chi connectivity index (χ1n) is 6.85. The average molecular weight is 248 g/mol. The van der Waals surface area contributed by atoms with Crippen LogP contribution in [0.4, 0.5) is 0 Å². The van der Waals surface area contributed by atoms with Gasteiger partial charge < -0.3 is 9.53 Å². The van der Waals surface area contributed by atoms with Crippen LogP contribution in [0, 0.1) is 0 Å². The Kier molecular flexibility index (Phi) is 6.48. The number of hydrogen-bond donors (Lipinski definition) is 0. The third-order valence-electron chi connectivity index (χ3n) is 3.25. The highest BCUT2D eigenvalue weighted by molar-refractivity contribution is 5.75. The molecule has 0 aliphatic heterocycles. The zero-order chi connectivity index (χ0) is 13.4. The molecule has 0 bridgehead atoms. The Morgan fingerprint density at radius 1 is 1.22 bits per heavy atom. The molecule has 2 heteroatoms. The Labute approximate surface area is 110 Å². The lowest BCUT2D eigenvalue weighted by atomic mass is 9.99. The van der Waals surface area contributed by atoms with E-state index in [0.717, 1.165) is 25.0 Å². The van der Waals surface area contributed by atoms with E-state index in [1.54, 1.807) is 6.92 Å². The molecule has 0 saturated carbocycles. The second-order valence-corrected chi connectivity index (χ2v) is 4.89. The molecule has 100 valence electrons. The van der Waals surface area contributed by atoms with Gasteiger partial charge in [-0.05, 0) is 49.8 Å². The van der Waals surface area contributed by atoms with E-state index in [-0.39, 0.29) is 5.78 Å². The number of benzene rings is 1. The molecule has 1 atom stereocenters. The number of ketones is 1. The van der Waals surface area contributed by atoms with Crippen LogP contribution in [0.2, 0.25) is 0 Å². The van der Waals surface area contributed by atoms with Crippen molar-refractivity contribution in [2.24, 2.45) is 0 Å². The van der Waals surface area contributed by atoms with Crippen molar-refractivity contribution in [2.45, 2.75) is 52.4 Å². The number of hydrogen-bond acceptors (Lipinski definition) is 2. The van der Waals surface area contributed by atoms with Crippen LogP contribution in [-0.4, -0.2) is 12.4 Å². The van der Waals surface area contributed by atoms with Crippen LogP contribution >= 0.6 is 0 Å². The molecule has 0 fully saturated rings. The van der Waals surface area contributed by atoms with Crippen LogP contribution in [0.5, 0.6) is 5.75 Å². The lowest BCUT2D eigenvalue weighted by molar-refractivity contribution is -0.117. The molecule has 0 saturated heterocycles. The van der Waals surface area contributed by atoms with Gasteiger partial charge in [-0.3, -0.25) is 0 Å². The summed E-state index contributed by atoms with van der Waals surface area (Å²) in [5, 5.41) is 0. The molecule has 1 aromatic rings. The Balaban J connectivity index is 2.29. The second kappa shape index (κ2) is 7.91. The Hall–Kier alpha value is -1.31. The molecule has 1 unspecified atom stereocenters. The van der Waals surface area contributed by atoms with Crippen LogP contribution in [-0.2, 0) is 4.79 Å². The number of unbranched alkanes of at least 4 members (excludes halogenated alkanes) is 1. The van der Waals surface area contributed by atoms with Crippen molar-refractivity contribution in [3.8, 4) is 5.75 Å². The van der Waals surface area contributed by atoms with E-state index in [9.17, 15) is 4.79 Å². The maximum absolute atomic E-state index is 10.8. The Morgan fingerprint density at radius 2 is 1.89 bits per heavy atom. The molecule has 0 spiro atoms. The van der Waals surface area contributed by atoms with E-state index in [4.69, 9.17) is 4.74 Å². The highest BCUT2D eigenvalue weighted by Gasteiger charge is 2.02. The number of carbonyl (C=O) groups excluding carboxylic acids is 1. The summed E-state index contributed by atoms with van der Waals surface area (Å²) in [6.45, 7) is 6.76. The molecule has 0 amide bonds. The average Bonchev–Trinajstić information content (AvgIpc) is 2.38. The van der Waals surface area contributed by atoms with E-state index >= 15 is 0 Å². The van der Waals surface area contributed by atoms with Crippen LogP contribution < -0.4 is 4.74 Å². The number of Topliss-reactive ketones (excluding diaryl/α,β-unsaturated/α-hetero) is 1. The highest BCUT2D eigenvalue weighted by Crippen LogP contribution is 2.21. The molecule has 1 rings (SSSR count). The number of ether oxygens (including phenoxy) is 1. The van der Waals surface area contributed by atoms with Gasteiger partial charge in [-0.15, -0.1) is 0 Å². The molecular formula is C16H24O2. The van der Waals surface area contributed by atoms with Crippen molar-refractivity contribution in [3.05, 3.63) is 29.8 Å². The van der Waals surface area contributed by atoms with E-state index in [1.165, 1.54) is 5.56 Å². The summed E-state index contributed by atoms with van der Waals surface area (Å²) in [6.07, 6.45) is 3.68. The van der Waals surface area contributed by atoms with E-state index < -0.39 is 0 Å². The molecule has 0 N–H and O–H groups in total. The summed E-state index contributed by atoms with van der Waals surface area (Å²) >= 11 is 0. The first-order chi connectivity index (χ1) is 8.63. The highest BCUT2D eigenvalue weighted by atomic mass is 16.5. The van der Waals surface area contributed by atoms with E-state index in [1.807, 2.05) is 12.1 Å². The first-order valence-corrected chi connectivity index (χ1v) is 6.85. The van der Waals surface area contributed by atoms with Gasteiger partial charge in [0, 0.05) is 6.42 Å². The van der Waals surface area contributed by atoms with Gasteiger partial charge in [-0.25, -0.2) is 0 Å². The van der Waals surface area contributed by atoms with E-state index in [2.05, 4.69) is 26.0 Å². The number of carbonyl (C=O) groups is 1. The summed E-state index contributed by atoms with van der Waals surface area (Å²) in [5.41, 5.74) is 1.36. The molecule has 1 aromatic carbocycles. The molecule has 0 radical (unpaired) electrons. The Bertz CT molecular complexity index is 354. The summed E-state index contributed by atoms with van der Waals surface area (Å²) in [7, 11) is 0. The van der Waals surface area contributed by atoms with Gasteiger partial charge in [-0.2, -0.15) is 0 Å². The van der Waals surface area contributed by atoms with Crippen molar-refractivity contribution in [3.63, 3.8) is 0 Å². The molecule has 0 aromatic heterocycles. The first kappa shape index (κ1) is 14.7. The monoisotopic (exact) mass is 248 g/mol. The molecule has 0 aliphatic carbocycles. The zero-order valence-electron chi connectivity index (χ0n) is 11.7.